The number of carbonyl (C=O) groups is 1. The van der Waals surface area contributed by atoms with Crippen LogP contribution in [0.2, 0.25) is 0 Å². The van der Waals surface area contributed by atoms with Crippen molar-refractivity contribution in [1.82, 2.24) is 4.98 Å². The number of carboxylic acids is 1. The maximum Gasteiger partial charge on any atom is 0.304 e. The minimum absolute atomic E-state index is 0.119. The Balaban J connectivity index is 2.11. The van der Waals surface area contributed by atoms with E-state index in [0.717, 1.165) is 36.8 Å². The van der Waals surface area contributed by atoms with E-state index < -0.39 is 5.97 Å². The van der Waals surface area contributed by atoms with Crippen LogP contribution in [-0.4, -0.2) is 29.3 Å². The predicted octanol–water partition coefficient (Wildman–Crippen LogP) is 2.79. The predicted molar refractivity (Wildman–Crippen MR) is 70.2 cm³/mol. The molecule has 1 aliphatic rings. The van der Waals surface area contributed by atoms with Gasteiger partial charge >= 0.3 is 5.97 Å². The number of aromatic nitrogens is 1. The Morgan fingerprint density at radius 2 is 2.22 bits per heavy atom. The van der Waals surface area contributed by atoms with Crippen LogP contribution >= 0.6 is 11.3 Å². The summed E-state index contributed by atoms with van der Waals surface area (Å²) in [5, 5.41) is 11.9. The van der Waals surface area contributed by atoms with Gasteiger partial charge in [-0.05, 0) is 12.8 Å². The Morgan fingerprint density at radius 3 is 2.83 bits per heavy atom. The summed E-state index contributed by atoms with van der Waals surface area (Å²) in [6.45, 7) is 5.48. The molecule has 0 spiro atoms. The molecule has 2 heterocycles. The number of thiazole rings is 1. The van der Waals surface area contributed by atoms with Gasteiger partial charge in [0.05, 0.1) is 17.1 Å². The number of ether oxygens (including phenoxy) is 1. The Bertz CT molecular complexity index is 422. The molecule has 1 saturated heterocycles. The molecule has 0 radical (unpaired) electrons. The molecule has 1 aromatic rings. The second-order valence-electron chi connectivity index (χ2n) is 5.42. The molecule has 1 fully saturated rings. The molecular formula is C13H19NO3S. The van der Waals surface area contributed by atoms with Crippen molar-refractivity contribution < 1.29 is 14.6 Å². The lowest BCUT2D eigenvalue weighted by molar-refractivity contribution is -0.138. The lowest BCUT2D eigenvalue weighted by Gasteiger charge is -2.21. The van der Waals surface area contributed by atoms with Gasteiger partial charge in [-0.15, -0.1) is 11.3 Å². The van der Waals surface area contributed by atoms with Crippen LogP contribution in [0, 0.1) is 0 Å². The first-order valence-corrected chi connectivity index (χ1v) is 7.12. The van der Waals surface area contributed by atoms with Crippen molar-refractivity contribution in [2.24, 2.45) is 0 Å². The van der Waals surface area contributed by atoms with Crippen LogP contribution in [0.1, 0.15) is 49.7 Å². The van der Waals surface area contributed by atoms with Crippen LogP contribution in [0.5, 0.6) is 0 Å². The zero-order valence-corrected chi connectivity index (χ0v) is 11.6. The van der Waals surface area contributed by atoms with Crippen molar-refractivity contribution in [3.8, 4) is 0 Å². The number of hydrogen-bond acceptors (Lipinski definition) is 4. The van der Waals surface area contributed by atoms with Crippen LogP contribution in [0.4, 0.5) is 0 Å². The summed E-state index contributed by atoms with van der Waals surface area (Å²) >= 11 is 1.58. The number of carboxylic acid groups (broad SMARTS) is 1. The number of hydrogen-bond donors (Lipinski definition) is 1. The SMILES string of the molecule is CC(C)(CC(=O)O)c1nc(C2CCOCC2)cs1. The van der Waals surface area contributed by atoms with Crippen molar-refractivity contribution in [2.45, 2.75) is 44.4 Å². The second kappa shape index (κ2) is 5.36. The zero-order chi connectivity index (χ0) is 13.2. The normalized spacial score (nSPS) is 17.9. The Labute approximate surface area is 111 Å². The van der Waals surface area contributed by atoms with Gasteiger partial charge in [0.25, 0.3) is 0 Å². The summed E-state index contributed by atoms with van der Waals surface area (Å²) in [5.41, 5.74) is 0.719. The van der Waals surface area contributed by atoms with E-state index in [1.807, 2.05) is 13.8 Å². The number of rotatable bonds is 4. The fourth-order valence-electron chi connectivity index (χ4n) is 2.23. The van der Waals surface area contributed by atoms with Crippen molar-refractivity contribution in [1.29, 1.82) is 0 Å². The molecule has 0 aliphatic carbocycles. The van der Waals surface area contributed by atoms with Crippen LogP contribution in [0.15, 0.2) is 5.38 Å². The molecule has 0 aromatic carbocycles. The second-order valence-corrected chi connectivity index (χ2v) is 6.28. The molecule has 4 nitrogen and oxygen atoms in total. The molecule has 0 bridgehead atoms. The smallest absolute Gasteiger partial charge is 0.304 e. The molecule has 1 aromatic heterocycles. The van der Waals surface area contributed by atoms with Crippen molar-refractivity contribution in [2.75, 3.05) is 13.2 Å². The maximum atomic E-state index is 10.9. The maximum absolute atomic E-state index is 10.9. The molecule has 18 heavy (non-hydrogen) atoms. The molecule has 2 rings (SSSR count). The highest BCUT2D eigenvalue weighted by Gasteiger charge is 2.29. The summed E-state index contributed by atoms with van der Waals surface area (Å²) in [7, 11) is 0. The Kier molecular flexibility index (Phi) is 4.02. The number of nitrogens with zero attached hydrogens (tertiary/aromatic N) is 1. The lowest BCUT2D eigenvalue weighted by Crippen LogP contribution is -2.22. The molecule has 0 amide bonds. The monoisotopic (exact) mass is 269 g/mol. The molecule has 0 atom stereocenters. The van der Waals surface area contributed by atoms with Crippen LogP contribution < -0.4 is 0 Å². The van der Waals surface area contributed by atoms with E-state index in [0.29, 0.717) is 5.92 Å². The van der Waals surface area contributed by atoms with Crippen LogP contribution in [0.25, 0.3) is 0 Å². The molecule has 1 aliphatic heterocycles. The van der Waals surface area contributed by atoms with Gasteiger partial charge in [-0.25, -0.2) is 4.98 Å². The molecule has 0 saturated carbocycles. The van der Waals surface area contributed by atoms with E-state index in [1.165, 1.54) is 0 Å². The number of aliphatic carboxylic acids is 1. The van der Waals surface area contributed by atoms with Crippen molar-refractivity contribution in [3.63, 3.8) is 0 Å². The molecule has 0 unspecified atom stereocenters. The third-order valence-corrected chi connectivity index (χ3v) is 4.56. The summed E-state index contributed by atoms with van der Waals surface area (Å²) in [6.07, 6.45) is 2.15. The zero-order valence-electron chi connectivity index (χ0n) is 10.8. The van der Waals surface area contributed by atoms with Gasteiger partial charge in [0.2, 0.25) is 0 Å². The van der Waals surface area contributed by atoms with E-state index in [2.05, 4.69) is 10.4 Å². The average Bonchev–Trinajstić information content (AvgIpc) is 2.78. The van der Waals surface area contributed by atoms with Gasteiger partial charge in [0.1, 0.15) is 0 Å². The highest BCUT2D eigenvalue weighted by Crippen LogP contribution is 2.34. The fraction of sp³-hybridized carbons (Fsp3) is 0.692. The summed E-state index contributed by atoms with van der Waals surface area (Å²) in [6, 6.07) is 0. The van der Waals surface area contributed by atoms with Gasteiger partial charge < -0.3 is 9.84 Å². The standard InChI is InChI=1S/C13H19NO3S/c1-13(2,7-11(15)16)12-14-10(8-18-12)9-3-5-17-6-4-9/h8-9H,3-7H2,1-2H3,(H,15,16). The van der Waals surface area contributed by atoms with Gasteiger partial charge in [-0.1, -0.05) is 13.8 Å². The lowest BCUT2D eigenvalue weighted by atomic mass is 9.90. The highest BCUT2D eigenvalue weighted by molar-refractivity contribution is 7.09. The highest BCUT2D eigenvalue weighted by atomic mass is 32.1. The third-order valence-electron chi connectivity index (χ3n) is 3.33. The molecular weight excluding hydrogens is 250 g/mol. The van der Waals surface area contributed by atoms with Crippen LogP contribution in [-0.2, 0) is 14.9 Å². The first-order valence-electron chi connectivity index (χ1n) is 6.24. The minimum Gasteiger partial charge on any atom is -0.481 e. The van der Waals surface area contributed by atoms with Crippen LogP contribution in [0.3, 0.4) is 0 Å². The van der Waals surface area contributed by atoms with Crippen molar-refractivity contribution in [3.05, 3.63) is 16.1 Å². The molecule has 100 valence electrons. The van der Waals surface area contributed by atoms with Gasteiger partial charge in [-0.2, -0.15) is 0 Å². The van der Waals surface area contributed by atoms with E-state index >= 15 is 0 Å². The van der Waals surface area contributed by atoms with Gasteiger partial charge in [-0.3, -0.25) is 4.79 Å². The minimum atomic E-state index is -0.775. The topological polar surface area (TPSA) is 59.4 Å². The largest absolute Gasteiger partial charge is 0.481 e. The Morgan fingerprint density at radius 1 is 1.56 bits per heavy atom. The third kappa shape index (κ3) is 3.09. The van der Waals surface area contributed by atoms with E-state index in [-0.39, 0.29) is 11.8 Å². The summed E-state index contributed by atoms with van der Waals surface area (Å²) in [5.74, 6) is -0.299. The first-order chi connectivity index (χ1) is 8.49. The van der Waals surface area contributed by atoms with Gasteiger partial charge in [0.15, 0.2) is 0 Å². The quantitative estimate of drug-likeness (QED) is 0.913. The fourth-order valence-corrected chi connectivity index (χ4v) is 3.26. The molecule has 5 heteroatoms. The summed E-state index contributed by atoms with van der Waals surface area (Å²) < 4.78 is 5.35. The average molecular weight is 269 g/mol. The van der Waals surface area contributed by atoms with E-state index in [9.17, 15) is 4.79 Å². The van der Waals surface area contributed by atoms with E-state index in [1.54, 1.807) is 11.3 Å². The first kappa shape index (κ1) is 13.5. The van der Waals surface area contributed by atoms with Gasteiger partial charge in [0, 0.05) is 29.9 Å². The van der Waals surface area contributed by atoms with Crippen molar-refractivity contribution >= 4 is 17.3 Å². The Hall–Kier alpha value is -0.940. The molecule has 1 N–H and O–H groups in total. The summed E-state index contributed by atoms with van der Waals surface area (Å²) in [4.78, 5) is 15.5. The van der Waals surface area contributed by atoms with E-state index in [4.69, 9.17) is 9.84 Å².